The van der Waals surface area contributed by atoms with Crippen LogP contribution < -0.4 is 24.6 Å². The van der Waals surface area contributed by atoms with E-state index in [1.165, 1.54) is 11.3 Å². The van der Waals surface area contributed by atoms with E-state index < -0.39 is 0 Å². The number of fused-ring (bicyclic) bond motifs is 3. The lowest BCUT2D eigenvalue weighted by molar-refractivity contribution is -0.120. The second kappa shape index (κ2) is 9.06. The first-order valence-corrected chi connectivity index (χ1v) is 11.3. The molecule has 6 nitrogen and oxygen atoms in total. The van der Waals surface area contributed by atoms with Crippen LogP contribution in [0.15, 0.2) is 72.8 Å². The van der Waals surface area contributed by atoms with E-state index in [0.29, 0.717) is 0 Å². The summed E-state index contributed by atoms with van der Waals surface area (Å²) in [6.45, 7) is 2.56. The smallest absolute Gasteiger partial charge is 0.229 e. The van der Waals surface area contributed by atoms with E-state index in [0.717, 1.165) is 48.9 Å². The van der Waals surface area contributed by atoms with Gasteiger partial charge in [-0.1, -0.05) is 24.3 Å². The van der Waals surface area contributed by atoms with Crippen LogP contribution in [0.4, 0.5) is 17.1 Å². The van der Waals surface area contributed by atoms with Crippen molar-refractivity contribution in [1.29, 1.82) is 0 Å². The first-order chi connectivity index (χ1) is 16.2. The van der Waals surface area contributed by atoms with Gasteiger partial charge in [-0.15, -0.1) is 0 Å². The summed E-state index contributed by atoms with van der Waals surface area (Å²) >= 11 is 0. The van der Waals surface area contributed by atoms with Crippen LogP contribution in [-0.2, 0) is 11.2 Å². The van der Waals surface area contributed by atoms with Gasteiger partial charge in [0.25, 0.3) is 0 Å². The first-order valence-electron chi connectivity index (χ1n) is 11.3. The molecule has 0 aromatic heterocycles. The van der Waals surface area contributed by atoms with Crippen molar-refractivity contribution in [3.8, 4) is 11.5 Å². The highest BCUT2D eigenvalue weighted by Crippen LogP contribution is 2.37. The van der Waals surface area contributed by atoms with E-state index >= 15 is 0 Å². The van der Waals surface area contributed by atoms with Gasteiger partial charge in [0.1, 0.15) is 11.5 Å². The summed E-state index contributed by atoms with van der Waals surface area (Å²) in [7, 11) is 3.31. The number of benzene rings is 3. The van der Waals surface area contributed by atoms with Gasteiger partial charge in [0.05, 0.1) is 26.2 Å². The minimum absolute atomic E-state index is 0.0457. The van der Waals surface area contributed by atoms with Gasteiger partial charge in [0.2, 0.25) is 5.91 Å². The molecule has 0 aliphatic carbocycles. The fraction of sp³-hybridized carbons (Fsp3) is 0.296. The number of anilines is 3. The molecule has 1 saturated heterocycles. The summed E-state index contributed by atoms with van der Waals surface area (Å²) in [6, 6.07) is 24.3. The fourth-order valence-corrected chi connectivity index (χ4v) is 5.02. The van der Waals surface area contributed by atoms with Gasteiger partial charge in [-0.3, -0.25) is 4.79 Å². The van der Waals surface area contributed by atoms with Crippen LogP contribution >= 0.6 is 0 Å². The molecule has 0 saturated carbocycles. The number of hydrogen-bond acceptors (Lipinski definition) is 5. The van der Waals surface area contributed by atoms with Crippen molar-refractivity contribution in [3.05, 3.63) is 78.4 Å². The summed E-state index contributed by atoms with van der Waals surface area (Å²) in [5.41, 5.74) is 4.40. The third-order valence-electron chi connectivity index (χ3n) is 6.74. The number of hydrogen-bond donors (Lipinski definition) is 1. The Hall–Kier alpha value is -3.67. The molecule has 1 fully saturated rings. The Morgan fingerprint density at radius 3 is 2.48 bits per heavy atom. The van der Waals surface area contributed by atoms with Crippen LogP contribution in [-0.4, -0.2) is 45.8 Å². The zero-order valence-electron chi connectivity index (χ0n) is 19.0. The Morgan fingerprint density at radius 2 is 1.70 bits per heavy atom. The standard InChI is InChI=1S/C27H29N3O3/c1-32-22-12-10-21(11-13-22)29-14-15-30-25-9-4-3-6-19(25)16-24(26(30)18-29)27(31)28-20-7-5-8-23(17-20)33-2/h3-13,17,24,26H,14-16,18H2,1-2H3,(H,28,31). The number of piperazine rings is 1. The number of para-hydroxylation sites is 1. The molecule has 2 atom stereocenters. The molecular weight excluding hydrogens is 414 g/mol. The van der Waals surface area contributed by atoms with Crippen molar-refractivity contribution in [3.63, 3.8) is 0 Å². The molecule has 170 valence electrons. The molecule has 2 heterocycles. The van der Waals surface area contributed by atoms with E-state index in [9.17, 15) is 4.79 Å². The molecule has 1 N–H and O–H groups in total. The third-order valence-corrected chi connectivity index (χ3v) is 6.74. The number of carbonyl (C=O) groups is 1. The van der Waals surface area contributed by atoms with E-state index in [1.807, 2.05) is 36.4 Å². The average Bonchev–Trinajstić information content (AvgIpc) is 2.88. The second-order valence-corrected chi connectivity index (χ2v) is 8.57. The average molecular weight is 444 g/mol. The molecule has 0 radical (unpaired) electrons. The topological polar surface area (TPSA) is 54.0 Å². The monoisotopic (exact) mass is 443 g/mol. The maximum atomic E-state index is 13.5. The van der Waals surface area contributed by atoms with Gasteiger partial charge in [-0.05, 0) is 54.4 Å². The summed E-state index contributed by atoms with van der Waals surface area (Å²) in [5.74, 6) is 1.46. The Bertz CT molecular complexity index is 1130. The lowest BCUT2D eigenvalue weighted by Crippen LogP contribution is -2.60. The van der Waals surface area contributed by atoms with Crippen LogP contribution in [0.1, 0.15) is 5.56 Å². The molecule has 5 rings (SSSR count). The van der Waals surface area contributed by atoms with Gasteiger partial charge in [-0.25, -0.2) is 0 Å². The number of amides is 1. The molecule has 3 aromatic carbocycles. The Morgan fingerprint density at radius 1 is 0.909 bits per heavy atom. The molecule has 33 heavy (non-hydrogen) atoms. The summed E-state index contributed by atoms with van der Waals surface area (Å²) in [4.78, 5) is 18.3. The van der Waals surface area contributed by atoms with Crippen LogP contribution in [0.25, 0.3) is 0 Å². The highest BCUT2D eigenvalue weighted by Gasteiger charge is 2.41. The summed E-state index contributed by atoms with van der Waals surface area (Å²) < 4.78 is 10.6. The number of methoxy groups -OCH3 is 2. The molecule has 2 unspecified atom stereocenters. The largest absolute Gasteiger partial charge is 0.497 e. The number of nitrogens with zero attached hydrogens (tertiary/aromatic N) is 2. The molecule has 2 aliphatic heterocycles. The van der Waals surface area contributed by atoms with Gasteiger partial charge in [0.15, 0.2) is 0 Å². The zero-order chi connectivity index (χ0) is 22.8. The van der Waals surface area contributed by atoms with Crippen molar-refractivity contribution in [2.45, 2.75) is 12.5 Å². The van der Waals surface area contributed by atoms with Crippen molar-refractivity contribution >= 4 is 23.0 Å². The van der Waals surface area contributed by atoms with Crippen LogP contribution in [0.5, 0.6) is 11.5 Å². The van der Waals surface area contributed by atoms with Crippen molar-refractivity contribution in [1.82, 2.24) is 0 Å². The number of carbonyl (C=O) groups excluding carboxylic acids is 1. The lowest BCUT2D eigenvalue weighted by Gasteiger charge is -2.49. The molecular formula is C27H29N3O3. The van der Waals surface area contributed by atoms with E-state index in [-0.39, 0.29) is 17.9 Å². The lowest BCUT2D eigenvalue weighted by atomic mass is 9.83. The second-order valence-electron chi connectivity index (χ2n) is 8.57. The van der Waals surface area contributed by atoms with Crippen LogP contribution in [0.2, 0.25) is 0 Å². The summed E-state index contributed by atoms with van der Waals surface area (Å²) in [6.07, 6.45) is 0.726. The Balaban J connectivity index is 1.42. The van der Waals surface area contributed by atoms with Crippen molar-refractivity contribution in [2.24, 2.45) is 5.92 Å². The molecule has 0 spiro atoms. The minimum Gasteiger partial charge on any atom is -0.497 e. The number of ether oxygens (including phenoxy) is 2. The maximum Gasteiger partial charge on any atom is 0.229 e. The Kier molecular flexibility index (Phi) is 5.82. The van der Waals surface area contributed by atoms with E-state index in [4.69, 9.17) is 9.47 Å². The normalized spacial score (nSPS) is 19.3. The van der Waals surface area contributed by atoms with Crippen LogP contribution in [0.3, 0.4) is 0 Å². The summed E-state index contributed by atoms with van der Waals surface area (Å²) in [5, 5.41) is 3.14. The van der Waals surface area contributed by atoms with Crippen molar-refractivity contribution in [2.75, 3.05) is 49.0 Å². The highest BCUT2D eigenvalue weighted by molar-refractivity contribution is 5.94. The number of nitrogens with one attached hydrogen (secondary N) is 1. The predicted octanol–water partition coefficient (Wildman–Crippen LogP) is 4.21. The van der Waals surface area contributed by atoms with Gasteiger partial charge < -0.3 is 24.6 Å². The fourth-order valence-electron chi connectivity index (χ4n) is 5.02. The predicted molar refractivity (Wildman–Crippen MR) is 132 cm³/mol. The molecule has 2 aliphatic rings. The third kappa shape index (κ3) is 4.21. The minimum atomic E-state index is -0.160. The van der Waals surface area contributed by atoms with Gasteiger partial charge in [0, 0.05) is 42.8 Å². The van der Waals surface area contributed by atoms with Gasteiger partial charge >= 0.3 is 0 Å². The Labute approximate surface area is 194 Å². The zero-order valence-corrected chi connectivity index (χ0v) is 19.0. The van der Waals surface area contributed by atoms with Crippen molar-refractivity contribution < 1.29 is 14.3 Å². The number of rotatable bonds is 5. The molecule has 3 aromatic rings. The molecule has 6 heteroatoms. The first kappa shape index (κ1) is 21.2. The SMILES string of the molecule is COc1ccc(N2CCN3c4ccccc4CC(C(=O)Nc4cccc(OC)c4)C3C2)cc1. The van der Waals surface area contributed by atoms with Gasteiger partial charge in [-0.2, -0.15) is 0 Å². The van der Waals surface area contributed by atoms with E-state index in [2.05, 4.69) is 51.5 Å². The maximum absolute atomic E-state index is 13.5. The molecule has 0 bridgehead atoms. The quantitative estimate of drug-likeness (QED) is 0.640. The molecule has 1 amide bonds. The highest BCUT2D eigenvalue weighted by atomic mass is 16.5. The van der Waals surface area contributed by atoms with E-state index in [1.54, 1.807) is 14.2 Å². The van der Waals surface area contributed by atoms with Crippen LogP contribution in [0, 0.1) is 5.92 Å².